The van der Waals surface area contributed by atoms with E-state index in [0.717, 1.165) is 16.1 Å². The Hall–Kier alpha value is -2.25. The molecule has 0 saturated heterocycles. The van der Waals surface area contributed by atoms with Gasteiger partial charge in [-0.3, -0.25) is 9.10 Å². The Morgan fingerprint density at radius 1 is 1.22 bits per heavy atom. The second kappa shape index (κ2) is 8.63. The topological polar surface area (TPSA) is 75.7 Å². The third-order valence-electron chi connectivity index (χ3n) is 4.02. The first-order valence-electron chi connectivity index (χ1n) is 8.37. The second-order valence-electron chi connectivity index (χ2n) is 6.15. The van der Waals surface area contributed by atoms with Crippen LogP contribution in [-0.4, -0.2) is 33.7 Å². The van der Waals surface area contributed by atoms with Crippen molar-refractivity contribution in [2.24, 2.45) is 0 Å². The molecule has 0 aliphatic rings. The van der Waals surface area contributed by atoms with E-state index in [4.69, 9.17) is 16.3 Å². The number of rotatable bonds is 7. The van der Waals surface area contributed by atoms with Gasteiger partial charge in [-0.25, -0.2) is 8.42 Å². The van der Waals surface area contributed by atoms with E-state index in [0.29, 0.717) is 22.1 Å². The van der Waals surface area contributed by atoms with Gasteiger partial charge in [0.15, 0.2) is 0 Å². The molecule has 1 N–H and O–H groups in total. The molecule has 0 saturated carbocycles. The van der Waals surface area contributed by atoms with Crippen LogP contribution in [0.25, 0.3) is 0 Å². The van der Waals surface area contributed by atoms with Gasteiger partial charge >= 0.3 is 0 Å². The number of sulfonamides is 1. The van der Waals surface area contributed by atoms with Crippen molar-refractivity contribution in [3.05, 3.63) is 53.1 Å². The fraction of sp³-hybridized carbons (Fsp3) is 0.316. The van der Waals surface area contributed by atoms with E-state index in [2.05, 4.69) is 5.32 Å². The van der Waals surface area contributed by atoms with Crippen molar-refractivity contribution in [1.82, 2.24) is 0 Å². The number of benzene rings is 2. The van der Waals surface area contributed by atoms with Gasteiger partial charge in [0.1, 0.15) is 11.8 Å². The summed E-state index contributed by atoms with van der Waals surface area (Å²) in [6.07, 6.45) is 1.36. The first-order chi connectivity index (χ1) is 12.7. The van der Waals surface area contributed by atoms with Crippen LogP contribution < -0.4 is 14.4 Å². The maximum atomic E-state index is 13.0. The SMILES string of the molecule is CCC(C(=O)Nc1cc(C)ccc1OC)N(c1ccc(Cl)cc1)S(C)(=O)=O. The number of carbonyl (C=O) groups excluding carboxylic acids is 1. The average molecular weight is 411 g/mol. The summed E-state index contributed by atoms with van der Waals surface area (Å²) in [5, 5.41) is 3.27. The van der Waals surface area contributed by atoms with Crippen molar-refractivity contribution in [2.45, 2.75) is 26.3 Å². The standard InChI is InChI=1S/C19H23ClN2O4S/c1-5-17(19(23)21-16-12-13(2)6-11-18(16)26-3)22(27(4,24)25)15-9-7-14(20)8-10-15/h6-12,17H,5H2,1-4H3,(H,21,23). The summed E-state index contributed by atoms with van der Waals surface area (Å²) in [6.45, 7) is 3.65. The Morgan fingerprint density at radius 3 is 2.37 bits per heavy atom. The van der Waals surface area contributed by atoms with Gasteiger partial charge < -0.3 is 10.1 Å². The van der Waals surface area contributed by atoms with Gasteiger partial charge in [0.2, 0.25) is 15.9 Å². The number of nitrogens with zero attached hydrogens (tertiary/aromatic N) is 1. The van der Waals surface area contributed by atoms with Crippen LogP contribution in [-0.2, 0) is 14.8 Å². The van der Waals surface area contributed by atoms with Crippen molar-refractivity contribution < 1.29 is 17.9 Å². The van der Waals surface area contributed by atoms with E-state index in [-0.39, 0.29) is 6.42 Å². The van der Waals surface area contributed by atoms with Crippen molar-refractivity contribution in [3.63, 3.8) is 0 Å². The molecule has 146 valence electrons. The number of halogens is 1. The summed E-state index contributed by atoms with van der Waals surface area (Å²) in [6, 6.07) is 10.8. The van der Waals surface area contributed by atoms with Gasteiger partial charge in [-0.2, -0.15) is 0 Å². The van der Waals surface area contributed by atoms with Gasteiger partial charge in [-0.05, 0) is 55.3 Å². The van der Waals surface area contributed by atoms with Crippen LogP contribution in [0.2, 0.25) is 5.02 Å². The lowest BCUT2D eigenvalue weighted by Crippen LogP contribution is -2.47. The van der Waals surface area contributed by atoms with E-state index >= 15 is 0 Å². The summed E-state index contributed by atoms with van der Waals surface area (Å²) in [7, 11) is -2.20. The third-order valence-corrected chi connectivity index (χ3v) is 5.46. The number of ether oxygens (including phenoxy) is 1. The lowest BCUT2D eigenvalue weighted by molar-refractivity contribution is -0.117. The molecule has 0 bridgehead atoms. The monoisotopic (exact) mass is 410 g/mol. The van der Waals surface area contributed by atoms with Crippen molar-refractivity contribution >= 4 is 38.9 Å². The maximum Gasteiger partial charge on any atom is 0.248 e. The van der Waals surface area contributed by atoms with Crippen LogP contribution in [0.1, 0.15) is 18.9 Å². The molecular formula is C19H23ClN2O4S. The van der Waals surface area contributed by atoms with Crippen molar-refractivity contribution in [3.8, 4) is 5.75 Å². The zero-order valence-electron chi connectivity index (χ0n) is 15.7. The molecule has 2 rings (SSSR count). The zero-order valence-corrected chi connectivity index (χ0v) is 17.3. The molecule has 2 aromatic rings. The highest BCUT2D eigenvalue weighted by molar-refractivity contribution is 7.92. The molecule has 0 heterocycles. The molecule has 0 aliphatic heterocycles. The summed E-state index contributed by atoms with van der Waals surface area (Å²) < 4.78 is 31.3. The minimum absolute atomic E-state index is 0.287. The first kappa shape index (κ1) is 21.1. The summed E-state index contributed by atoms with van der Waals surface area (Å²) in [5.41, 5.74) is 1.81. The number of methoxy groups -OCH3 is 1. The Morgan fingerprint density at radius 2 is 1.85 bits per heavy atom. The molecule has 1 amide bonds. The molecule has 1 unspecified atom stereocenters. The van der Waals surface area contributed by atoms with Crippen LogP contribution in [0.4, 0.5) is 11.4 Å². The lowest BCUT2D eigenvalue weighted by atomic mass is 10.1. The quantitative estimate of drug-likeness (QED) is 0.752. The number of nitrogens with one attached hydrogen (secondary N) is 1. The smallest absolute Gasteiger partial charge is 0.248 e. The first-order valence-corrected chi connectivity index (χ1v) is 10.6. The number of hydrogen-bond acceptors (Lipinski definition) is 4. The second-order valence-corrected chi connectivity index (χ2v) is 8.45. The highest BCUT2D eigenvalue weighted by Crippen LogP contribution is 2.28. The van der Waals surface area contributed by atoms with Gasteiger partial charge in [0, 0.05) is 5.02 Å². The van der Waals surface area contributed by atoms with Crippen LogP contribution >= 0.6 is 11.6 Å². The van der Waals surface area contributed by atoms with Crippen LogP contribution in [0, 0.1) is 6.92 Å². The van der Waals surface area contributed by atoms with E-state index in [1.807, 2.05) is 13.0 Å². The van der Waals surface area contributed by atoms with E-state index in [1.165, 1.54) is 7.11 Å². The Balaban J connectivity index is 2.41. The summed E-state index contributed by atoms with van der Waals surface area (Å²) >= 11 is 5.90. The van der Waals surface area contributed by atoms with Crippen LogP contribution in [0.15, 0.2) is 42.5 Å². The molecule has 0 spiro atoms. The van der Waals surface area contributed by atoms with E-state index in [9.17, 15) is 13.2 Å². The van der Waals surface area contributed by atoms with Gasteiger partial charge in [-0.1, -0.05) is 24.6 Å². The summed E-state index contributed by atoms with van der Waals surface area (Å²) in [5.74, 6) is 0.0583. The normalized spacial score (nSPS) is 12.3. The fourth-order valence-corrected chi connectivity index (χ4v) is 4.12. The number of hydrogen-bond donors (Lipinski definition) is 1. The largest absolute Gasteiger partial charge is 0.495 e. The minimum Gasteiger partial charge on any atom is -0.495 e. The highest BCUT2D eigenvalue weighted by Gasteiger charge is 2.31. The summed E-state index contributed by atoms with van der Waals surface area (Å²) in [4.78, 5) is 13.0. The molecule has 0 aromatic heterocycles. The van der Waals surface area contributed by atoms with Crippen molar-refractivity contribution in [1.29, 1.82) is 0 Å². The van der Waals surface area contributed by atoms with Gasteiger partial charge in [0.05, 0.1) is 24.7 Å². The predicted molar refractivity (Wildman–Crippen MR) is 109 cm³/mol. The van der Waals surface area contributed by atoms with E-state index < -0.39 is 22.0 Å². The average Bonchev–Trinajstić information content (AvgIpc) is 2.59. The molecule has 0 radical (unpaired) electrons. The van der Waals surface area contributed by atoms with Crippen LogP contribution in [0.5, 0.6) is 5.75 Å². The molecule has 8 heteroatoms. The van der Waals surface area contributed by atoms with E-state index in [1.54, 1.807) is 43.3 Å². The number of anilines is 2. The number of amides is 1. The minimum atomic E-state index is -3.71. The third kappa shape index (κ3) is 5.14. The molecule has 27 heavy (non-hydrogen) atoms. The molecular weight excluding hydrogens is 388 g/mol. The lowest BCUT2D eigenvalue weighted by Gasteiger charge is -2.30. The predicted octanol–water partition coefficient (Wildman–Crippen LogP) is 3.84. The molecule has 0 aliphatic carbocycles. The van der Waals surface area contributed by atoms with Gasteiger partial charge in [0.25, 0.3) is 0 Å². The molecule has 1 atom stereocenters. The Kier molecular flexibility index (Phi) is 6.73. The molecule has 6 nitrogen and oxygen atoms in total. The molecule has 2 aromatic carbocycles. The van der Waals surface area contributed by atoms with Crippen molar-refractivity contribution in [2.75, 3.05) is 23.0 Å². The maximum absolute atomic E-state index is 13.0. The number of carbonyl (C=O) groups is 1. The van der Waals surface area contributed by atoms with Gasteiger partial charge in [-0.15, -0.1) is 0 Å². The molecule has 0 fully saturated rings. The Bertz CT molecular complexity index is 914. The number of aryl methyl sites for hydroxylation is 1. The highest BCUT2D eigenvalue weighted by atomic mass is 35.5. The zero-order chi connectivity index (χ0) is 20.2. The Labute approximate surface area is 165 Å². The van der Waals surface area contributed by atoms with Crippen LogP contribution in [0.3, 0.4) is 0 Å². The fourth-order valence-electron chi connectivity index (χ4n) is 2.78.